The van der Waals surface area contributed by atoms with Gasteiger partial charge in [-0.15, -0.1) is 11.3 Å². The number of hydrogen-bond acceptors (Lipinski definition) is 4. The average Bonchev–Trinajstić information content (AvgIpc) is 2.61. The monoisotopic (exact) mass is 279 g/mol. The highest BCUT2D eigenvalue weighted by molar-refractivity contribution is 9.10. The first-order valence-corrected chi connectivity index (χ1v) is 5.96. The van der Waals surface area contributed by atoms with Gasteiger partial charge in [-0.1, -0.05) is 0 Å². The molecule has 3 N–H and O–H groups in total. The number of halogens is 1. The Morgan fingerprint density at radius 1 is 1.50 bits per heavy atom. The van der Waals surface area contributed by atoms with E-state index in [-0.39, 0.29) is 13.2 Å². The van der Waals surface area contributed by atoms with Gasteiger partial charge in [0.05, 0.1) is 18.8 Å². The van der Waals surface area contributed by atoms with Gasteiger partial charge in [-0.05, 0) is 28.9 Å². The summed E-state index contributed by atoms with van der Waals surface area (Å²) in [4.78, 5) is 1.17. The Hall–Kier alpha value is 0.0600. The van der Waals surface area contributed by atoms with Crippen LogP contribution in [0.15, 0.2) is 15.9 Å². The molecule has 0 aliphatic heterocycles. The van der Waals surface area contributed by atoms with Gasteiger partial charge in [0.25, 0.3) is 0 Å². The molecule has 0 saturated carbocycles. The zero-order valence-corrected chi connectivity index (χ0v) is 10.4. The lowest BCUT2D eigenvalue weighted by Gasteiger charge is -2.25. The molecular formula is C9H14BrNO2S. The maximum absolute atomic E-state index is 9.04. The van der Waals surface area contributed by atoms with Crippen LogP contribution in [0.1, 0.15) is 11.8 Å². The molecule has 0 aliphatic rings. The van der Waals surface area contributed by atoms with Gasteiger partial charge in [0, 0.05) is 21.3 Å². The number of aliphatic hydroxyl groups excluding tert-OH is 2. The fraction of sp³-hybridized carbons (Fsp3) is 0.556. The molecule has 0 aliphatic carbocycles. The van der Waals surface area contributed by atoms with E-state index >= 15 is 0 Å². The topological polar surface area (TPSA) is 52.5 Å². The fourth-order valence-electron chi connectivity index (χ4n) is 0.909. The molecule has 0 spiro atoms. The predicted octanol–water partition coefficient (Wildman–Crippen LogP) is 1.34. The summed E-state index contributed by atoms with van der Waals surface area (Å²) < 4.78 is 1.06. The quantitative estimate of drug-likeness (QED) is 0.763. The van der Waals surface area contributed by atoms with Crippen molar-refractivity contribution in [2.24, 2.45) is 0 Å². The molecule has 5 heteroatoms. The van der Waals surface area contributed by atoms with Crippen molar-refractivity contribution in [2.75, 3.05) is 13.2 Å². The Bertz CT molecular complexity index is 286. The highest BCUT2D eigenvalue weighted by Crippen LogP contribution is 2.20. The Kier molecular flexibility index (Phi) is 4.53. The van der Waals surface area contributed by atoms with Crippen molar-refractivity contribution < 1.29 is 10.2 Å². The van der Waals surface area contributed by atoms with E-state index in [0.717, 1.165) is 4.47 Å². The van der Waals surface area contributed by atoms with Gasteiger partial charge >= 0.3 is 0 Å². The summed E-state index contributed by atoms with van der Waals surface area (Å²) >= 11 is 5.01. The van der Waals surface area contributed by atoms with Crippen molar-refractivity contribution in [3.63, 3.8) is 0 Å². The molecule has 0 radical (unpaired) electrons. The van der Waals surface area contributed by atoms with Gasteiger partial charge in [0.15, 0.2) is 0 Å². The summed E-state index contributed by atoms with van der Waals surface area (Å²) in [6, 6.07) is 2.02. The van der Waals surface area contributed by atoms with E-state index in [4.69, 9.17) is 10.2 Å². The largest absolute Gasteiger partial charge is 0.394 e. The van der Waals surface area contributed by atoms with Gasteiger partial charge in [0.1, 0.15) is 0 Å². The lowest BCUT2D eigenvalue weighted by Crippen LogP contribution is -2.48. The third-order valence-electron chi connectivity index (χ3n) is 2.01. The minimum absolute atomic E-state index is 0.0734. The van der Waals surface area contributed by atoms with Gasteiger partial charge < -0.3 is 15.5 Å². The summed E-state index contributed by atoms with van der Waals surface area (Å²) in [7, 11) is 0. The molecule has 0 atom stereocenters. The van der Waals surface area contributed by atoms with Gasteiger partial charge in [-0.25, -0.2) is 0 Å². The van der Waals surface area contributed by atoms with Crippen molar-refractivity contribution in [1.82, 2.24) is 5.32 Å². The summed E-state index contributed by atoms with van der Waals surface area (Å²) in [5.74, 6) is 0. The second kappa shape index (κ2) is 5.23. The van der Waals surface area contributed by atoms with Crippen LogP contribution in [0.2, 0.25) is 0 Å². The van der Waals surface area contributed by atoms with Crippen LogP contribution in [0.3, 0.4) is 0 Å². The first-order valence-electron chi connectivity index (χ1n) is 4.29. The van der Waals surface area contributed by atoms with Crippen LogP contribution in [0, 0.1) is 0 Å². The molecule has 0 saturated heterocycles. The van der Waals surface area contributed by atoms with Crippen molar-refractivity contribution >= 4 is 27.3 Å². The molecule has 0 amide bonds. The molecule has 0 unspecified atom stereocenters. The first kappa shape index (κ1) is 12.1. The van der Waals surface area contributed by atoms with Crippen molar-refractivity contribution in [3.8, 4) is 0 Å². The fourth-order valence-corrected chi connectivity index (χ4v) is 2.30. The standard InChI is InChI=1S/C9H14BrNO2S/c1-9(5-12,6-13)11-3-8-2-7(10)4-14-8/h2,4,11-13H,3,5-6H2,1H3. The van der Waals surface area contributed by atoms with Crippen LogP contribution in [0.25, 0.3) is 0 Å². The summed E-state index contributed by atoms with van der Waals surface area (Å²) in [5, 5.41) is 23.2. The van der Waals surface area contributed by atoms with E-state index in [0.29, 0.717) is 6.54 Å². The molecular weight excluding hydrogens is 266 g/mol. The van der Waals surface area contributed by atoms with Crippen molar-refractivity contribution in [2.45, 2.75) is 19.0 Å². The van der Waals surface area contributed by atoms with E-state index in [1.54, 1.807) is 18.3 Å². The van der Waals surface area contributed by atoms with E-state index in [1.807, 2.05) is 11.4 Å². The molecule has 1 aromatic heterocycles. The van der Waals surface area contributed by atoms with Gasteiger partial charge in [-0.2, -0.15) is 0 Å². The maximum Gasteiger partial charge on any atom is 0.0633 e. The first-order chi connectivity index (χ1) is 6.59. The highest BCUT2D eigenvalue weighted by Gasteiger charge is 2.21. The predicted molar refractivity (Wildman–Crippen MR) is 61.4 cm³/mol. The van der Waals surface area contributed by atoms with Crippen LogP contribution in [0.4, 0.5) is 0 Å². The summed E-state index contributed by atoms with van der Waals surface area (Å²) in [5.41, 5.74) is -0.601. The number of nitrogens with one attached hydrogen (secondary N) is 1. The lowest BCUT2D eigenvalue weighted by molar-refractivity contribution is 0.103. The molecule has 0 bridgehead atoms. The van der Waals surface area contributed by atoms with E-state index in [2.05, 4.69) is 21.2 Å². The van der Waals surface area contributed by atoms with E-state index < -0.39 is 5.54 Å². The SMILES string of the molecule is CC(CO)(CO)NCc1cc(Br)cs1. The number of aliphatic hydroxyl groups is 2. The van der Waals surface area contributed by atoms with Crippen LogP contribution in [-0.2, 0) is 6.54 Å². The minimum atomic E-state index is -0.601. The third-order valence-corrected chi connectivity index (χ3v) is 3.71. The molecule has 1 rings (SSSR count). The molecule has 80 valence electrons. The van der Waals surface area contributed by atoms with Crippen LogP contribution < -0.4 is 5.32 Å². The van der Waals surface area contributed by atoms with Crippen LogP contribution in [0.5, 0.6) is 0 Å². The molecule has 14 heavy (non-hydrogen) atoms. The maximum atomic E-state index is 9.04. The normalized spacial score (nSPS) is 12.0. The Balaban J connectivity index is 2.47. The third kappa shape index (κ3) is 3.33. The van der Waals surface area contributed by atoms with Gasteiger partial charge in [-0.3, -0.25) is 0 Å². The van der Waals surface area contributed by atoms with Crippen LogP contribution in [-0.4, -0.2) is 29.0 Å². The smallest absolute Gasteiger partial charge is 0.0633 e. The Labute approximate surface area is 95.9 Å². The van der Waals surface area contributed by atoms with E-state index in [1.165, 1.54) is 4.88 Å². The van der Waals surface area contributed by atoms with Gasteiger partial charge in [0.2, 0.25) is 0 Å². The minimum Gasteiger partial charge on any atom is -0.394 e. The average molecular weight is 280 g/mol. The molecule has 3 nitrogen and oxygen atoms in total. The molecule has 0 fully saturated rings. The summed E-state index contributed by atoms with van der Waals surface area (Å²) in [6.07, 6.45) is 0. The zero-order valence-electron chi connectivity index (χ0n) is 7.96. The molecule has 1 aromatic rings. The number of thiophene rings is 1. The van der Waals surface area contributed by atoms with Crippen molar-refractivity contribution in [1.29, 1.82) is 0 Å². The second-order valence-corrected chi connectivity index (χ2v) is 5.37. The lowest BCUT2D eigenvalue weighted by atomic mass is 10.1. The van der Waals surface area contributed by atoms with Crippen molar-refractivity contribution in [3.05, 3.63) is 20.8 Å². The Morgan fingerprint density at radius 2 is 2.14 bits per heavy atom. The zero-order chi connectivity index (χ0) is 10.6. The summed E-state index contributed by atoms with van der Waals surface area (Å²) in [6.45, 7) is 2.30. The number of hydrogen-bond donors (Lipinski definition) is 3. The highest BCUT2D eigenvalue weighted by atomic mass is 79.9. The second-order valence-electron chi connectivity index (χ2n) is 3.46. The molecule has 1 heterocycles. The van der Waals surface area contributed by atoms with E-state index in [9.17, 15) is 0 Å². The Morgan fingerprint density at radius 3 is 2.57 bits per heavy atom. The number of rotatable bonds is 5. The van der Waals surface area contributed by atoms with Crippen LogP contribution >= 0.6 is 27.3 Å². The molecule has 0 aromatic carbocycles.